The Morgan fingerprint density at radius 2 is 0.971 bits per heavy atom. The maximum Gasteiger partial charge on any atom is 0.246 e. The fourth-order valence-corrected chi connectivity index (χ4v) is 5.32. The third-order valence-electron chi connectivity index (χ3n) is 7.77. The predicted molar refractivity (Wildman–Crippen MR) is 153 cm³/mol. The number of hydrogen-bond donors (Lipinski definition) is 1. The molecule has 3 atom stereocenters. The molecule has 1 N–H and O–H groups in total. The zero-order valence-corrected chi connectivity index (χ0v) is 24.2. The molecule has 1 amide bonds. The summed E-state index contributed by atoms with van der Waals surface area (Å²) >= 11 is 0. The number of amides is 1. The summed E-state index contributed by atoms with van der Waals surface area (Å²) in [6.45, 7) is 14.9. The van der Waals surface area contributed by atoms with Gasteiger partial charge in [-0.15, -0.1) is 0 Å². The van der Waals surface area contributed by atoms with Crippen LogP contribution in [0.3, 0.4) is 0 Å². The van der Waals surface area contributed by atoms with E-state index in [1.54, 1.807) is 0 Å². The van der Waals surface area contributed by atoms with Gasteiger partial charge in [0.25, 0.3) is 0 Å². The van der Waals surface area contributed by atoms with Crippen molar-refractivity contribution in [2.45, 2.75) is 175 Å². The molecule has 0 saturated carbocycles. The van der Waals surface area contributed by atoms with Crippen LogP contribution < -0.4 is 5.32 Å². The second-order valence-electron chi connectivity index (χ2n) is 11.3. The van der Waals surface area contributed by atoms with Crippen molar-refractivity contribution < 1.29 is 4.79 Å². The zero-order chi connectivity index (χ0) is 25.4. The van der Waals surface area contributed by atoms with Crippen molar-refractivity contribution in [2.24, 2.45) is 11.8 Å². The van der Waals surface area contributed by atoms with Gasteiger partial charge in [-0.3, -0.25) is 4.79 Å². The number of carbonyl (C=O) groups excluding carboxylic acids is 1. The predicted octanol–water partition coefficient (Wildman–Crippen LogP) is 10.6. The van der Waals surface area contributed by atoms with Crippen LogP contribution in [0.2, 0.25) is 0 Å². The van der Waals surface area contributed by atoms with Gasteiger partial charge >= 0.3 is 0 Å². The van der Waals surface area contributed by atoms with Crippen LogP contribution >= 0.6 is 0 Å². The Bertz CT molecular complexity index is 472. The van der Waals surface area contributed by atoms with Gasteiger partial charge in [0.05, 0.1) is 0 Å². The van der Waals surface area contributed by atoms with Crippen LogP contribution in [0.4, 0.5) is 0 Å². The molecule has 0 rings (SSSR count). The molecule has 0 radical (unpaired) electrons. The van der Waals surface area contributed by atoms with Gasteiger partial charge in [-0.25, -0.2) is 0 Å². The maximum absolute atomic E-state index is 12.2. The molecule has 0 fully saturated rings. The average Bonchev–Trinajstić information content (AvgIpc) is 2.81. The average molecular weight is 478 g/mol. The van der Waals surface area contributed by atoms with Crippen LogP contribution in [0.5, 0.6) is 0 Å². The Labute approximate surface area is 215 Å². The fraction of sp³-hybridized carbons (Fsp3) is 0.906. The van der Waals surface area contributed by atoms with Crippen molar-refractivity contribution in [3.8, 4) is 0 Å². The minimum absolute atomic E-state index is 0.0238. The van der Waals surface area contributed by atoms with Crippen LogP contribution in [-0.2, 0) is 4.79 Å². The SMILES string of the molecule is C=C(C)C(=O)NC(C)C(CCCCCCCCCCC)C(C)CCCCCCCCCCCC. The fourth-order valence-electron chi connectivity index (χ4n) is 5.32. The third kappa shape index (κ3) is 19.5. The summed E-state index contributed by atoms with van der Waals surface area (Å²) < 4.78 is 0. The van der Waals surface area contributed by atoms with Gasteiger partial charge < -0.3 is 5.32 Å². The highest BCUT2D eigenvalue weighted by Crippen LogP contribution is 2.28. The van der Waals surface area contributed by atoms with Crippen molar-refractivity contribution in [1.29, 1.82) is 0 Å². The van der Waals surface area contributed by atoms with Crippen LogP contribution in [0.25, 0.3) is 0 Å². The Balaban J connectivity index is 4.24. The van der Waals surface area contributed by atoms with Gasteiger partial charge in [0.2, 0.25) is 5.91 Å². The van der Waals surface area contributed by atoms with E-state index in [0.717, 1.165) is 0 Å². The van der Waals surface area contributed by atoms with Crippen LogP contribution in [0.1, 0.15) is 169 Å². The second kappa shape index (κ2) is 23.9. The highest BCUT2D eigenvalue weighted by molar-refractivity contribution is 5.92. The first-order chi connectivity index (χ1) is 16.4. The van der Waals surface area contributed by atoms with Gasteiger partial charge in [0, 0.05) is 11.6 Å². The molecule has 0 bridgehead atoms. The van der Waals surface area contributed by atoms with E-state index in [1.165, 1.54) is 135 Å². The van der Waals surface area contributed by atoms with Crippen molar-refractivity contribution >= 4 is 5.91 Å². The lowest BCUT2D eigenvalue weighted by molar-refractivity contribution is -0.118. The molecule has 0 aliphatic heterocycles. The number of carbonyl (C=O) groups is 1. The minimum Gasteiger partial charge on any atom is -0.350 e. The lowest BCUT2D eigenvalue weighted by Gasteiger charge is -2.31. The molecule has 2 heteroatoms. The number of nitrogens with one attached hydrogen (secondary N) is 1. The van der Waals surface area contributed by atoms with E-state index in [4.69, 9.17) is 0 Å². The monoisotopic (exact) mass is 477 g/mol. The summed E-state index contributed by atoms with van der Waals surface area (Å²) in [7, 11) is 0. The van der Waals surface area contributed by atoms with E-state index in [1.807, 2.05) is 6.92 Å². The first-order valence-electron chi connectivity index (χ1n) is 15.4. The number of hydrogen-bond acceptors (Lipinski definition) is 1. The minimum atomic E-state index is 0.0238. The molecular weight excluding hydrogens is 414 g/mol. The molecular formula is C32H63NO. The highest BCUT2D eigenvalue weighted by atomic mass is 16.1. The van der Waals surface area contributed by atoms with E-state index in [2.05, 4.69) is 39.6 Å². The lowest BCUT2D eigenvalue weighted by Crippen LogP contribution is -2.40. The van der Waals surface area contributed by atoms with E-state index in [9.17, 15) is 4.79 Å². The molecule has 0 aliphatic rings. The molecule has 0 aromatic heterocycles. The molecule has 0 spiro atoms. The van der Waals surface area contributed by atoms with E-state index in [0.29, 0.717) is 17.4 Å². The molecule has 0 aliphatic carbocycles. The maximum atomic E-state index is 12.2. The molecule has 0 saturated heterocycles. The first-order valence-corrected chi connectivity index (χ1v) is 15.4. The van der Waals surface area contributed by atoms with Crippen molar-refractivity contribution in [1.82, 2.24) is 5.32 Å². The third-order valence-corrected chi connectivity index (χ3v) is 7.77. The summed E-state index contributed by atoms with van der Waals surface area (Å²) in [5.74, 6) is 1.27. The van der Waals surface area contributed by atoms with Crippen molar-refractivity contribution in [3.05, 3.63) is 12.2 Å². The molecule has 0 heterocycles. The Kier molecular flexibility index (Phi) is 23.4. The molecule has 3 unspecified atom stereocenters. The Morgan fingerprint density at radius 3 is 1.35 bits per heavy atom. The number of rotatable bonds is 25. The molecule has 0 aromatic carbocycles. The summed E-state index contributed by atoms with van der Waals surface area (Å²) in [5, 5.41) is 3.24. The smallest absolute Gasteiger partial charge is 0.246 e. The van der Waals surface area contributed by atoms with Gasteiger partial charge in [-0.1, -0.05) is 156 Å². The molecule has 2 nitrogen and oxygen atoms in total. The van der Waals surface area contributed by atoms with E-state index in [-0.39, 0.29) is 11.9 Å². The Morgan fingerprint density at radius 1 is 0.618 bits per heavy atom. The van der Waals surface area contributed by atoms with Gasteiger partial charge in [-0.2, -0.15) is 0 Å². The van der Waals surface area contributed by atoms with Crippen LogP contribution in [0, 0.1) is 11.8 Å². The van der Waals surface area contributed by atoms with Gasteiger partial charge in [-0.05, 0) is 32.1 Å². The van der Waals surface area contributed by atoms with Crippen molar-refractivity contribution in [2.75, 3.05) is 0 Å². The molecule has 34 heavy (non-hydrogen) atoms. The van der Waals surface area contributed by atoms with Crippen LogP contribution in [0.15, 0.2) is 12.2 Å². The first kappa shape index (κ1) is 33.2. The van der Waals surface area contributed by atoms with E-state index >= 15 is 0 Å². The Hall–Kier alpha value is -0.790. The largest absolute Gasteiger partial charge is 0.350 e. The quantitative estimate of drug-likeness (QED) is 0.103. The summed E-state index contributed by atoms with van der Waals surface area (Å²) in [6.07, 6.45) is 28.9. The zero-order valence-electron chi connectivity index (χ0n) is 24.2. The van der Waals surface area contributed by atoms with Crippen LogP contribution in [-0.4, -0.2) is 11.9 Å². The van der Waals surface area contributed by atoms with Gasteiger partial charge in [0.15, 0.2) is 0 Å². The summed E-state index contributed by atoms with van der Waals surface area (Å²) in [4.78, 5) is 12.2. The standard InChI is InChI=1S/C32H63NO/c1-7-9-11-13-15-17-19-20-22-24-26-29(5)31(30(6)33-32(34)28(3)4)27-25-23-21-18-16-14-12-10-8-2/h29-31H,3,7-27H2,1-2,4-6H3,(H,33,34). The van der Waals surface area contributed by atoms with Gasteiger partial charge in [0.1, 0.15) is 0 Å². The summed E-state index contributed by atoms with van der Waals surface area (Å²) in [5.41, 5.74) is 0.621. The lowest BCUT2D eigenvalue weighted by atomic mass is 9.80. The normalized spacial score (nSPS) is 14.0. The topological polar surface area (TPSA) is 29.1 Å². The van der Waals surface area contributed by atoms with E-state index < -0.39 is 0 Å². The number of unbranched alkanes of at least 4 members (excludes halogenated alkanes) is 17. The summed E-state index contributed by atoms with van der Waals surface area (Å²) in [6, 6.07) is 0.233. The molecule has 0 aromatic rings. The second-order valence-corrected chi connectivity index (χ2v) is 11.3. The highest BCUT2D eigenvalue weighted by Gasteiger charge is 2.24. The van der Waals surface area contributed by atoms with Crippen molar-refractivity contribution in [3.63, 3.8) is 0 Å². The molecule has 202 valence electrons.